The van der Waals surface area contributed by atoms with Gasteiger partial charge >= 0.3 is 0 Å². The van der Waals surface area contributed by atoms with E-state index >= 15 is 0 Å². The number of para-hydroxylation sites is 1. The van der Waals surface area contributed by atoms with Gasteiger partial charge in [-0.05, 0) is 24.3 Å². The monoisotopic (exact) mass is 377 g/mol. The number of hydrogen-bond acceptors (Lipinski definition) is 4. The van der Waals surface area contributed by atoms with Crippen LogP contribution < -0.4 is 5.32 Å². The van der Waals surface area contributed by atoms with Gasteiger partial charge in [-0.1, -0.05) is 24.3 Å². The molecule has 0 unspecified atom stereocenters. The predicted octanol–water partition coefficient (Wildman–Crippen LogP) is 3.38. The molecule has 5 rings (SSSR count). The molecule has 28 heavy (non-hydrogen) atoms. The van der Waals surface area contributed by atoms with Crippen molar-refractivity contribution in [3.8, 4) is 0 Å². The van der Waals surface area contributed by atoms with Crippen molar-refractivity contribution in [1.82, 2.24) is 9.88 Å². The lowest BCUT2D eigenvalue weighted by molar-refractivity contribution is 0.0210. The number of fused-ring (bicyclic) bond motifs is 2. The quantitative estimate of drug-likeness (QED) is 0.741. The molecule has 1 saturated heterocycles. The normalized spacial score (nSPS) is 16.3. The molecule has 0 aliphatic carbocycles. The van der Waals surface area contributed by atoms with Crippen molar-refractivity contribution in [3.63, 3.8) is 0 Å². The summed E-state index contributed by atoms with van der Waals surface area (Å²) < 4.78 is 19.5. The lowest BCUT2D eigenvalue weighted by Crippen LogP contribution is -2.40. The van der Waals surface area contributed by atoms with Gasteiger partial charge in [0.05, 0.1) is 30.3 Å². The van der Waals surface area contributed by atoms with Crippen molar-refractivity contribution < 1.29 is 13.9 Å². The fourth-order valence-electron chi connectivity index (χ4n) is 3.78. The molecule has 2 aromatic carbocycles. The number of halogens is 1. The molecule has 0 saturated carbocycles. The number of aromatic nitrogens is 1. The largest absolute Gasteiger partial charge is 0.377 e. The number of carbonyl (C=O) groups is 1. The average molecular weight is 377 g/mol. The van der Waals surface area contributed by atoms with E-state index in [1.807, 2.05) is 36.4 Å². The summed E-state index contributed by atoms with van der Waals surface area (Å²) in [5.74, 6) is -0.455. The van der Waals surface area contributed by atoms with Crippen LogP contribution in [0.2, 0.25) is 0 Å². The summed E-state index contributed by atoms with van der Waals surface area (Å²) in [4.78, 5) is 19.3. The van der Waals surface area contributed by atoms with Crippen LogP contribution in [0.4, 0.5) is 10.1 Å². The summed E-state index contributed by atoms with van der Waals surface area (Å²) in [6.45, 7) is 2.02. The molecule has 0 radical (unpaired) electrons. The average Bonchev–Trinajstić information content (AvgIpc) is 3.02. The van der Waals surface area contributed by atoms with Crippen molar-refractivity contribution in [1.29, 1.82) is 0 Å². The van der Waals surface area contributed by atoms with Crippen LogP contribution in [-0.4, -0.2) is 41.6 Å². The number of amides is 1. The van der Waals surface area contributed by atoms with Crippen molar-refractivity contribution in [2.24, 2.45) is 0 Å². The zero-order chi connectivity index (χ0) is 19.1. The Morgan fingerprint density at radius 3 is 2.82 bits per heavy atom. The van der Waals surface area contributed by atoms with Crippen LogP contribution in [0, 0.1) is 5.82 Å². The SMILES string of the molecule is O=C1c2c(NC3COC3)ccc(F)c2CN1CCc1ccc2ccccc2n1. The minimum absolute atomic E-state index is 0.127. The van der Waals surface area contributed by atoms with Crippen LogP contribution in [0.25, 0.3) is 10.9 Å². The Kier molecular flexibility index (Phi) is 4.20. The second kappa shape index (κ2) is 6.87. The zero-order valence-electron chi connectivity index (χ0n) is 15.3. The first-order valence-electron chi connectivity index (χ1n) is 9.48. The van der Waals surface area contributed by atoms with Gasteiger partial charge in [0.15, 0.2) is 0 Å². The summed E-state index contributed by atoms with van der Waals surface area (Å²) in [6.07, 6.45) is 0.630. The fraction of sp³-hybridized carbons (Fsp3) is 0.273. The van der Waals surface area contributed by atoms with Crippen molar-refractivity contribution in [3.05, 3.63) is 71.2 Å². The molecule has 0 atom stereocenters. The molecule has 5 nitrogen and oxygen atoms in total. The van der Waals surface area contributed by atoms with Gasteiger partial charge in [0.1, 0.15) is 5.82 Å². The molecule has 1 aromatic heterocycles. The Morgan fingerprint density at radius 2 is 2.00 bits per heavy atom. The van der Waals surface area contributed by atoms with Gasteiger partial charge < -0.3 is 15.0 Å². The van der Waals surface area contributed by atoms with Crippen LogP contribution in [0.3, 0.4) is 0 Å². The second-order valence-corrected chi connectivity index (χ2v) is 7.30. The number of nitrogens with one attached hydrogen (secondary N) is 1. The van der Waals surface area contributed by atoms with Gasteiger partial charge in [0.2, 0.25) is 0 Å². The molecule has 3 heterocycles. The highest BCUT2D eigenvalue weighted by molar-refractivity contribution is 6.03. The molecule has 6 heteroatoms. The minimum atomic E-state index is -0.329. The molecule has 3 aromatic rings. The van der Waals surface area contributed by atoms with Gasteiger partial charge in [0, 0.05) is 41.8 Å². The molecule has 2 aliphatic rings. The molecule has 2 aliphatic heterocycles. The van der Waals surface area contributed by atoms with Crippen LogP contribution in [0.5, 0.6) is 0 Å². The van der Waals surface area contributed by atoms with Gasteiger partial charge in [-0.25, -0.2) is 4.39 Å². The maximum absolute atomic E-state index is 14.3. The highest BCUT2D eigenvalue weighted by Crippen LogP contribution is 2.32. The van der Waals surface area contributed by atoms with Crippen LogP contribution in [-0.2, 0) is 17.7 Å². The third-order valence-corrected chi connectivity index (χ3v) is 5.40. The van der Waals surface area contributed by atoms with E-state index in [1.165, 1.54) is 6.07 Å². The molecular weight excluding hydrogens is 357 g/mol. The molecule has 1 fully saturated rings. The minimum Gasteiger partial charge on any atom is -0.377 e. The van der Waals surface area contributed by atoms with E-state index in [-0.39, 0.29) is 17.8 Å². The van der Waals surface area contributed by atoms with E-state index in [4.69, 9.17) is 4.74 Å². The molecule has 0 bridgehead atoms. The van der Waals surface area contributed by atoms with Crippen LogP contribution in [0.1, 0.15) is 21.6 Å². The highest BCUT2D eigenvalue weighted by Gasteiger charge is 2.33. The van der Waals surface area contributed by atoms with Crippen LogP contribution >= 0.6 is 0 Å². The lowest BCUT2D eigenvalue weighted by Gasteiger charge is -2.28. The smallest absolute Gasteiger partial charge is 0.256 e. The van der Waals surface area contributed by atoms with Crippen molar-refractivity contribution in [2.45, 2.75) is 19.0 Å². The Morgan fingerprint density at radius 1 is 1.14 bits per heavy atom. The zero-order valence-corrected chi connectivity index (χ0v) is 15.3. The molecule has 1 N–H and O–H groups in total. The second-order valence-electron chi connectivity index (χ2n) is 7.30. The standard InChI is InChI=1S/C22H20FN3O2/c23-18-7-8-20(25-16-12-28-13-16)21-17(18)11-26(22(21)27)10-9-15-6-5-14-3-1-2-4-19(14)24-15/h1-8,16,25H,9-13H2. The van der Waals surface area contributed by atoms with E-state index in [9.17, 15) is 9.18 Å². The predicted molar refractivity (Wildman–Crippen MR) is 105 cm³/mol. The van der Waals surface area contributed by atoms with Gasteiger partial charge in [-0.2, -0.15) is 0 Å². The fourth-order valence-corrected chi connectivity index (χ4v) is 3.78. The van der Waals surface area contributed by atoms with Crippen molar-refractivity contribution >= 4 is 22.5 Å². The number of hydrogen-bond donors (Lipinski definition) is 1. The maximum atomic E-state index is 14.3. The molecule has 142 valence electrons. The first-order chi connectivity index (χ1) is 13.7. The van der Waals surface area contributed by atoms with Crippen LogP contribution in [0.15, 0.2) is 48.5 Å². The highest BCUT2D eigenvalue weighted by atomic mass is 19.1. The summed E-state index contributed by atoms with van der Waals surface area (Å²) in [6, 6.07) is 15.2. The Bertz CT molecular complexity index is 1060. The van der Waals surface area contributed by atoms with E-state index in [0.29, 0.717) is 49.5 Å². The number of carbonyl (C=O) groups excluding carboxylic acids is 1. The third-order valence-electron chi connectivity index (χ3n) is 5.40. The summed E-state index contributed by atoms with van der Waals surface area (Å²) in [5.41, 5.74) is 3.49. The Hall–Kier alpha value is -2.99. The van der Waals surface area contributed by atoms with E-state index in [1.54, 1.807) is 11.0 Å². The van der Waals surface area contributed by atoms with Gasteiger partial charge in [-0.3, -0.25) is 9.78 Å². The first kappa shape index (κ1) is 17.1. The van der Waals surface area contributed by atoms with Crippen molar-refractivity contribution in [2.75, 3.05) is 25.1 Å². The third kappa shape index (κ3) is 2.99. The lowest BCUT2D eigenvalue weighted by atomic mass is 10.1. The number of ether oxygens (including phenoxy) is 1. The first-order valence-corrected chi connectivity index (χ1v) is 9.48. The number of rotatable bonds is 5. The molecule has 0 spiro atoms. The number of benzene rings is 2. The summed E-state index contributed by atoms with van der Waals surface area (Å²) in [5, 5.41) is 4.39. The van der Waals surface area contributed by atoms with Gasteiger partial charge in [-0.15, -0.1) is 0 Å². The topological polar surface area (TPSA) is 54.5 Å². The molecule has 1 amide bonds. The Labute approximate surface area is 162 Å². The summed E-state index contributed by atoms with van der Waals surface area (Å²) >= 11 is 0. The summed E-state index contributed by atoms with van der Waals surface area (Å²) in [7, 11) is 0. The number of nitrogens with zero attached hydrogens (tertiary/aromatic N) is 2. The Balaban J connectivity index is 1.34. The van der Waals surface area contributed by atoms with Gasteiger partial charge in [0.25, 0.3) is 5.91 Å². The maximum Gasteiger partial charge on any atom is 0.256 e. The molecular formula is C22H20FN3O2. The van der Waals surface area contributed by atoms with E-state index < -0.39 is 0 Å². The van der Waals surface area contributed by atoms with E-state index in [0.717, 1.165) is 16.6 Å². The van der Waals surface area contributed by atoms with E-state index in [2.05, 4.69) is 10.3 Å². The number of pyridine rings is 1. The number of anilines is 1.